The maximum Gasteiger partial charge on any atom is 0.153 e. The Morgan fingerprint density at radius 3 is 1.19 bits per heavy atom. The lowest BCUT2D eigenvalue weighted by Crippen LogP contribution is -2.01. The summed E-state index contributed by atoms with van der Waals surface area (Å²) in [5.41, 5.74) is 4.05. The Morgan fingerprint density at radius 1 is 0.421 bits per heavy atom. The molecule has 0 N–H and O–H groups in total. The quantitative estimate of drug-likeness (QED) is 0.0437. The van der Waals surface area contributed by atoms with Gasteiger partial charge in [0.2, 0.25) is 0 Å². The van der Waals surface area contributed by atoms with Gasteiger partial charge in [0.25, 0.3) is 0 Å². The van der Waals surface area contributed by atoms with E-state index in [0.717, 1.165) is 65.9 Å². The van der Waals surface area contributed by atoms with Crippen molar-refractivity contribution in [1.82, 2.24) is 14.8 Å². The van der Waals surface area contributed by atoms with Crippen LogP contribution in [0.25, 0.3) is 28.3 Å². The van der Waals surface area contributed by atoms with E-state index in [4.69, 9.17) is 14.6 Å². The first-order chi connectivity index (χ1) is 28.3. The molecule has 0 unspecified atom stereocenters. The van der Waals surface area contributed by atoms with Crippen LogP contribution < -0.4 is 9.47 Å². The number of nitrogens with zero attached hydrogens (tertiary/aromatic N) is 3. The van der Waals surface area contributed by atoms with E-state index in [2.05, 4.69) is 73.4 Å². The Balaban J connectivity index is 1.13. The molecule has 4 aromatic rings. The molecule has 0 saturated heterocycles. The lowest BCUT2D eigenvalue weighted by atomic mass is 10.0. The van der Waals surface area contributed by atoms with Crippen molar-refractivity contribution in [2.24, 2.45) is 0 Å². The van der Waals surface area contributed by atoms with E-state index in [1.165, 1.54) is 167 Å². The monoisotopic (exact) mass is 778 g/mol. The zero-order chi connectivity index (χ0) is 39.9. The van der Waals surface area contributed by atoms with E-state index >= 15 is 0 Å². The average molecular weight is 778 g/mol. The number of ether oxygens (including phenoxy) is 2. The third kappa shape index (κ3) is 19.6. The molecule has 0 spiro atoms. The predicted octanol–water partition coefficient (Wildman–Crippen LogP) is 16.3. The van der Waals surface area contributed by atoms with Gasteiger partial charge in [-0.15, -0.1) is 0 Å². The number of unbranched alkanes of at least 4 members (excludes halogenated alkanes) is 26. The summed E-state index contributed by atoms with van der Waals surface area (Å²) in [4.78, 5) is 4.62. The van der Waals surface area contributed by atoms with Gasteiger partial charge in [0.1, 0.15) is 11.5 Å². The largest absolute Gasteiger partial charge is 0.494 e. The molecule has 0 bridgehead atoms. The molecular weight excluding hydrogens is 699 g/mol. The Labute approximate surface area is 348 Å². The molecule has 0 saturated carbocycles. The van der Waals surface area contributed by atoms with Gasteiger partial charge in [-0.2, -0.15) is 5.10 Å². The first kappa shape index (κ1) is 46.1. The van der Waals surface area contributed by atoms with Crippen LogP contribution in [0.5, 0.6) is 11.5 Å². The maximum atomic E-state index is 6.14. The molecule has 2 heterocycles. The fourth-order valence-electron chi connectivity index (χ4n) is 7.80. The van der Waals surface area contributed by atoms with Gasteiger partial charge in [-0.25, -0.2) is 9.67 Å². The second-order valence-electron chi connectivity index (χ2n) is 16.5. The minimum atomic E-state index is 0.770. The van der Waals surface area contributed by atoms with Gasteiger partial charge >= 0.3 is 0 Å². The van der Waals surface area contributed by atoms with Crippen LogP contribution in [0.3, 0.4) is 0 Å². The standard InChI is InChI=1S/C52H79N3O2/c1-3-5-7-9-11-13-15-17-19-21-23-25-27-31-43-56-48-38-34-46(35-39-48)50-45-51(55(54-50)52-33-29-30-42-53-52)47-36-40-49(41-37-47)57-44-32-28-26-24-22-20-18-16-14-12-10-8-6-4-2/h29-30,33-42,45H,3-28,31-32,43-44H2,1-2H3. The Kier molecular flexibility index (Phi) is 24.6. The summed E-state index contributed by atoms with van der Waals surface area (Å²) in [5, 5.41) is 5.03. The lowest BCUT2D eigenvalue weighted by Gasteiger charge is -2.09. The van der Waals surface area contributed by atoms with Gasteiger partial charge < -0.3 is 9.47 Å². The smallest absolute Gasteiger partial charge is 0.153 e. The van der Waals surface area contributed by atoms with E-state index in [9.17, 15) is 0 Å². The predicted molar refractivity (Wildman–Crippen MR) is 244 cm³/mol. The average Bonchev–Trinajstić information content (AvgIpc) is 3.70. The molecule has 0 aliphatic rings. The van der Waals surface area contributed by atoms with E-state index in [0.29, 0.717) is 0 Å². The molecule has 0 aliphatic carbocycles. The molecule has 57 heavy (non-hydrogen) atoms. The Hall–Kier alpha value is -3.60. The molecule has 5 nitrogen and oxygen atoms in total. The highest BCUT2D eigenvalue weighted by molar-refractivity contribution is 5.71. The molecule has 2 aromatic heterocycles. The molecule has 5 heteroatoms. The third-order valence-corrected chi connectivity index (χ3v) is 11.4. The van der Waals surface area contributed by atoms with Gasteiger partial charge in [0.15, 0.2) is 5.82 Å². The number of benzene rings is 2. The molecule has 4 rings (SSSR count). The van der Waals surface area contributed by atoms with Crippen LogP contribution in [0.4, 0.5) is 0 Å². The van der Waals surface area contributed by atoms with Gasteiger partial charge in [-0.05, 0) is 79.6 Å². The molecule has 0 aliphatic heterocycles. The summed E-state index contributed by atoms with van der Waals surface area (Å²) < 4.78 is 14.2. The van der Waals surface area contributed by atoms with Crippen molar-refractivity contribution in [3.63, 3.8) is 0 Å². The van der Waals surface area contributed by atoms with Gasteiger partial charge in [0.05, 0.1) is 24.6 Å². The van der Waals surface area contributed by atoms with Crippen molar-refractivity contribution in [1.29, 1.82) is 0 Å². The SMILES string of the molecule is CCCCCCCCCCCCCCCCOc1ccc(-c2cc(-c3ccc(OCCCCCCCCCCCCCCCC)cc3)n(-c3ccccn3)n2)cc1. The van der Waals surface area contributed by atoms with Crippen LogP contribution >= 0.6 is 0 Å². The second-order valence-corrected chi connectivity index (χ2v) is 16.5. The molecule has 0 radical (unpaired) electrons. The molecule has 0 amide bonds. The van der Waals surface area contributed by atoms with Crippen molar-refractivity contribution in [3.05, 3.63) is 79.0 Å². The van der Waals surface area contributed by atoms with Gasteiger partial charge in [-0.3, -0.25) is 0 Å². The number of hydrogen-bond acceptors (Lipinski definition) is 4. The summed E-state index contributed by atoms with van der Waals surface area (Å²) in [5.74, 6) is 2.63. The summed E-state index contributed by atoms with van der Waals surface area (Å²) in [6.45, 7) is 6.13. The Morgan fingerprint density at radius 2 is 0.807 bits per heavy atom. The first-order valence-electron chi connectivity index (χ1n) is 23.8. The number of pyridine rings is 1. The zero-order valence-electron chi connectivity index (χ0n) is 36.4. The molecule has 2 aromatic carbocycles. The summed E-state index contributed by atoms with van der Waals surface area (Å²) in [6.07, 6.45) is 40.1. The van der Waals surface area contributed by atoms with E-state index in [1.54, 1.807) is 0 Å². The fourth-order valence-corrected chi connectivity index (χ4v) is 7.80. The Bertz CT molecular complexity index is 1520. The van der Waals surface area contributed by atoms with Crippen molar-refractivity contribution in [3.8, 4) is 39.8 Å². The molecule has 0 atom stereocenters. The van der Waals surface area contributed by atoms with E-state index in [1.807, 2.05) is 29.1 Å². The third-order valence-electron chi connectivity index (χ3n) is 11.4. The first-order valence-corrected chi connectivity index (χ1v) is 23.8. The number of rotatable bonds is 35. The minimum absolute atomic E-state index is 0.770. The zero-order valence-corrected chi connectivity index (χ0v) is 36.4. The molecule has 0 fully saturated rings. The molecular formula is C52H79N3O2. The van der Waals surface area contributed by atoms with Crippen LogP contribution in [0, 0.1) is 0 Å². The van der Waals surface area contributed by atoms with Crippen LogP contribution in [0.15, 0.2) is 79.0 Å². The minimum Gasteiger partial charge on any atom is -0.494 e. The van der Waals surface area contributed by atoms with Crippen molar-refractivity contribution >= 4 is 0 Å². The van der Waals surface area contributed by atoms with Crippen LogP contribution in [0.1, 0.15) is 194 Å². The van der Waals surface area contributed by atoms with Crippen molar-refractivity contribution in [2.75, 3.05) is 13.2 Å². The number of hydrogen-bond donors (Lipinski definition) is 0. The highest BCUT2D eigenvalue weighted by Gasteiger charge is 2.14. The maximum absolute atomic E-state index is 6.14. The van der Waals surface area contributed by atoms with Crippen molar-refractivity contribution < 1.29 is 9.47 Å². The van der Waals surface area contributed by atoms with Crippen molar-refractivity contribution in [2.45, 2.75) is 194 Å². The van der Waals surface area contributed by atoms with Crippen LogP contribution in [-0.2, 0) is 0 Å². The van der Waals surface area contributed by atoms with E-state index < -0.39 is 0 Å². The van der Waals surface area contributed by atoms with Gasteiger partial charge in [-0.1, -0.05) is 187 Å². The highest BCUT2D eigenvalue weighted by Crippen LogP contribution is 2.30. The fraction of sp³-hybridized carbons (Fsp3) is 0.615. The molecule has 314 valence electrons. The second kappa shape index (κ2) is 30.5. The summed E-state index contributed by atoms with van der Waals surface area (Å²) >= 11 is 0. The van der Waals surface area contributed by atoms with Crippen LogP contribution in [0.2, 0.25) is 0 Å². The van der Waals surface area contributed by atoms with E-state index in [-0.39, 0.29) is 0 Å². The summed E-state index contributed by atoms with van der Waals surface area (Å²) in [6, 6.07) is 24.9. The van der Waals surface area contributed by atoms with Gasteiger partial charge in [0, 0.05) is 17.3 Å². The highest BCUT2D eigenvalue weighted by atomic mass is 16.5. The lowest BCUT2D eigenvalue weighted by molar-refractivity contribution is 0.304. The topological polar surface area (TPSA) is 49.2 Å². The van der Waals surface area contributed by atoms with Crippen LogP contribution in [-0.4, -0.2) is 28.0 Å². The summed E-state index contributed by atoms with van der Waals surface area (Å²) in [7, 11) is 0. The number of aromatic nitrogens is 3. The normalized spacial score (nSPS) is 11.3.